The van der Waals surface area contributed by atoms with Gasteiger partial charge >= 0.3 is 0 Å². The van der Waals surface area contributed by atoms with Gasteiger partial charge in [-0.1, -0.05) is 0 Å². The Balaban J connectivity index is 2.25. The second-order valence-corrected chi connectivity index (χ2v) is 4.63. The molecule has 4 nitrogen and oxygen atoms in total. The molecule has 17 heavy (non-hydrogen) atoms. The lowest BCUT2D eigenvalue weighted by Crippen LogP contribution is -2.31. The van der Waals surface area contributed by atoms with E-state index in [9.17, 15) is 9.18 Å². The van der Waals surface area contributed by atoms with Crippen LogP contribution in [0, 0.1) is 5.82 Å². The van der Waals surface area contributed by atoms with E-state index in [0.29, 0.717) is 29.5 Å². The topological polar surface area (TPSA) is 55.6 Å². The van der Waals surface area contributed by atoms with Gasteiger partial charge < -0.3 is 15.4 Å². The van der Waals surface area contributed by atoms with Crippen LogP contribution in [-0.2, 0) is 9.53 Å². The zero-order valence-electron chi connectivity index (χ0n) is 8.98. The van der Waals surface area contributed by atoms with Gasteiger partial charge in [0.25, 0.3) is 0 Å². The molecule has 0 bridgehead atoms. The SMILES string of the molecule is NCC1CN(c2ccc(Br)c(F)c2)C(C=O)O1. The van der Waals surface area contributed by atoms with Crippen LogP contribution in [0.3, 0.4) is 0 Å². The number of carbonyl (C=O) groups is 1. The number of benzene rings is 1. The van der Waals surface area contributed by atoms with E-state index in [4.69, 9.17) is 10.5 Å². The van der Waals surface area contributed by atoms with Crippen LogP contribution in [0.1, 0.15) is 0 Å². The van der Waals surface area contributed by atoms with Gasteiger partial charge in [0.15, 0.2) is 12.5 Å². The minimum atomic E-state index is -0.691. The highest BCUT2D eigenvalue weighted by Gasteiger charge is 2.32. The minimum absolute atomic E-state index is 0.197. The van der Waals surface area contributed by atoms with Crippen molar-refractivity contribution in [1.82, 2.24) is 0 Å². The van der Waals surface area contributed by atoms with Crippen molar-refractivity contribution in [1.29, 1.82) is 0 Å². The Labute approximate surface area is 107 Å². The quantitative estimate of drug-likeness (QED) is 0.855. The van der Waals surface area contributed by atoms with Crippen LogP contribution >= 0.6 is 15.9 Å². The van der Waals surface area contributed by atoms with Crippen molar-refractivity contribution in [2.75, 3.05) is 18.0 Å². The van der Waals surface area contributed by atoms with Crippen molar-refractivity contribution in [2.45, 2.75) is 12.3 Å². The zero-order valence-corrected chi connectivity index (χ0v) is 10.6. The Morgan fingerprint density at radius 3 is 3.00 bits per heavy atom. The third kappa shape index (κ3) is 2.48. The van der Waals surface area contributed by atoms with Gasteiger partial charge in [0, 0.05) is 18.8 Å². The molecular formula is C11H12BrFN2O2. The van der Waals surface area contributed by atoms with E-state index in [2.05, 4.69) is 15.9 Å². The summed E-state index contributed by atoms with van der Waals surface area (Å²) in [7, 11) is 0. The first kappa shape index (κ1) is 12.5. The lowest BCUT2D eigenvalue weighted by molar-refractivity contribution is -0.117. The number of aldehydes is 1. The van der Waals surface area contributed by atoms with Crippen LogP contribution in [0.15, 0.2) is 22.7 Å². The van der Waals surface area contributed by atoms with Crippen LogP contribution in [0.4, 0.5) is 10.1 Å². The molecule has 0 aromatic heterocycles. The molecule has 0 spiro atoms. The van der Waals surface area contributed by atoms with E-state index < -0.39 is 6.23 Å². The number of nitrogens with zero attached hydrogens (tertiary/aromatic N) is 1. The third-order valence-electron chi connectivity index (χ3n) is 2.65. The van der Waals surface area contributed by atoms with Crippen LogP contribution in [-0.4, -0.2) is 31.7 Å². The Morgan fingerprint density at radius 1 is 1.65 bits per heavy atom. The summed E-state index contributed by atoms with van der Waals surface area (Å²) in [6, 6.07) is 4.69. The number of ether oxygens (including phenoxy) is 1. The first-order valence-electron chi connectivity index (χ1n) is 5.18. The fourth-order valence-electron chi connectivity index (χ4n) is 1.79. The molecule has 92 valence electrons. The van der Waals surface area contributed by atoms with Crippen molar-refractivity contribution in [2.24, 2.45) is 5.73 Å². The maximum absolute atomic E-state index is 13.4. The third-order valence-corrected chi connectivity index (χ3v) is 3.30. The highest BCUT2D eigenvalue weighted by atomic mass is 79.9. The van der Waals surface area contributed by atoms with Gasteiger partial charge in [-0.3, -0.25) is 4.79 Å². The standard InChI is InChI=1S/C11H12BrFN2O2/c12-9-2-1-7(3-10(9)13)15-5-8(4-14)17-11(15)6-16/h1-3,6,8,11H,4-5,14H2. The molecule has 1 aliphatic rings. The number of anilines is 1. The summed E-state index contributed by atoms with van der Waals surface area (Å²) in [5.41, 5.74) is 6.11. The summed E-state index contributed by atoms with van der Waals surface area (Å²) in [5, 5.41) is 0. The number of rotatable bonds is 3. The van der Waals surface area contributed by atoms with Gasteiger partial charge in [0.05, 0.1) is 10.6 Å². The first-order valence-corrected chi connectivity index (χ1v) is 5.97. The van der Waals surface area contributed by atoms with Crippen LogP contribution < -0.4 is 10.6 Å². The molecule has 6 heteroatoms. The molecule has 2 N–H and O–H groups in total. The van der Waals surface area contributed by atoms with Crippen LogP contribution in [0.25, 0.3) is 0 Å². The molecule has 1 aromatic rings. The predicted molar refractivity (Wildman–Crippen MR) is 65.2 cm³/mol. The second kappa shape index (κ2) is 5.12. The van der Waals surface area contributed by atoms with E-state index in [1.165, 1.54) is 6.07 Å². The molecule has 0 aliphatic carbocycles. The molecule has 1 fully saturated rings. The fourth-order valence-corrected chi connectivity index (χ4v) is 2.04. The summed E-state index contributed by atoms with van der Waals surface area (Å²) in [4.78, 5) is 12.6. The maximum atomic E-state index is 13.4. The Kier molecular flexibility index (Phi) is 3.76. The highest BCUT2D eigenvalue weighted by molar-refractivity contribution is 9.10. The number of carbonyl (C=O) groups excluding carboxylic acids is 1. The zero-order chi connectivity index (χ0) is 12.4. The summed E-state index contributed by atoms with van der Waals surface area (Å²) in [6.45, 7) is 0.820. The summed E-state index contributed by atoms with van der Waals surface area (Å²) < 4.78 is 19.2. The van der Waals surface area contributed by atoms with Crippen molar-refractivity contribution in [3.63, 3.8) is 0 Å². The smallest absolute Gasteiger partial charge is 0.187 e. The second-order valence-electron chi connectivity index (χ2n) is 3.77. The number of hydrogen-bond donors (Lipinski definition) is 1. The van der Waals surface area contributed by atoms with Gasteiger partial charge in [0.1, 0.15) is 5.82 Å². The van der Waals surface area contributed by atoms with E-state index in [-0.39, 0.29) is 11.9 Å². The highest BCUT2D eigenvalue weighted by Crippen LogP contribution is 2.27. The minimum Gasteiger partial charge on any atom is -0.345 e. The lowest BCUT2D eigenvalue weighted by Gasteiger charge is -2.20. The number of nitrogens with two attached hydrogens (primary N) is 1. The van der Waals surface area contributed by atoms with Crippen molar-refractivity contribution in [3.05, 3.63) is 28.5 Å². The van der Waals surface area contributed by atoms with Gasteiger partial charge in [-0.25, -0.2) is 4.39 Å². The number of hydrogen-bond acceptors (Lipinski definition) is 4. The average molecular weight is 303 g/mol. The van der Waals surface area contributed by atoms with Crippen LogP contribution in [0.5, 0.6) is 0 Å². The molecule has 0 saturated carbocycles. The van der Waals surface area contributed by atoms with Gasteiger partial charge in [0.2, 0.25) is 0 Å². The average Bonchev–Trinajstić information content (AvgIpc) is 2.76. The Hall–Kier alpha value is -0.980. The summed E-state index contributed by atoms with van der Waals surface area (Å²) >= 11 is 3.08. The predicted octanol–water partition coefficient (Wildman–Crippen LogP) is 1.28. The fraction of sp³-hybridized carbons (Fsp3) is 0.364. The number of halogens is 2. The van der Waals surface area contributed by atoms with Crippen molar-refractivity contribution in [3.8, 4) is 0 Å². The van der Waals surface area contributed by atoms with Crippen molar-refractivity contribution < 1.29 is 13.9 Å². The molecule has 1 saturated heterocycles. The first-order chi connectivity index (χ1) is 8.15. The molecule has 1 aromatic carbocycles. The summed E-state index contributed by atoms with van der Waals surface area (Å²) in [6.07, 6.45) is -0.198. The van der Waals surface area contributed by atoms with E-state index in [1.807, 2.05) is 0 Å². The molecule has 2 atom stereocenters. The Bertz CT molecular complexity index is 430. The molecule has 0 amide bonds. The molecule has 1 aliphatic heterocycles. The normalized spacial score (nSPS) is 24.1. The van der Waals surface area contributed by atoms with Crippen molar-refractivity contribution >= 4 is 27.9 Å². The largest absolute Gasteiger partial charge is 0.345 e. The lowest BCUT2D eigenvalue weighted by atomic mass is 10.2. The molecule has 0 radical (unpaired) electrons. The molecule has 2 rings (SSSR count). The van der Waals surface area contributed by atoms with Gasteiger partial charge in [-0.05, 0) is 34.1 Å². The molecule has 1 heterocycles. The van der Waals surface area contributed by atoms with E-state index >= 15 is 0 Å². The maximum Gasteiger partial charge on any atom is 0.187 e. The Morgan fingerprint density at radius 2 is 2.41 bits per heavy atom. The monoisotopic (exact) mass is 302 g/mol. The van der Waals surface area contributed by atoms with Gasteiger partial charge in [-0.15, -0.1) is 0 Å². The van der Waals surface area contributed by atoms with E-state index in [0.717, 1.165) is 0 Å². The summed E-state index contributed by atoms with van der Waals surface area (Å²) in [5.74, 6) is -0.372. The van der Waals surface area contributed by atoms with Gasteiger partial charge in [-0.2, -0.15) is 0 Å². The van der Waals surface area contributed by atoms with Crippen LogP contribution in [0.2, 0.25) is 0 Å². The molecule has 2 unspecified atom stereocenters. The van der Waals surface area contributed by atoms with E-state index in [1.54, 1.807) is 17.0 Å². The molecular weight excluding hydrogens is 291 g/mol.